The van der Waals surface area contributed by atoms with Crippen LogP contribution in [0.25, 0.3) is 0 Å². The SMILES string of the molecule is CNC(COc1ccccc1C)C(=O)OC. The predicted molar refractivity (Wildman–Crippen MR) is 61.5 cm³/mol. The van der Waals surface area contributed by atoms with Crippen LogP contribution < -0.4 is 10.1 Å². The van der Waals surface area contributed by atoms with E-state index < -0.39 is 6.04 Å². The minimum atomic E-state index is -0.440. The van der Waals surface area contributed by atoms with E-state index in [-0.39, 0.29) is 12.6 Å². The average Bonchev–Trinajstić information content (AvgIpc) is 2.31. The van der Waals surface area contributed by atoms with Gasteiger partial charge in [-0.1, -0.05) is 18.2 Å². The maximum absolute atomic E-state index is 11.3. The quantitative estimate of drug-likeness (QED) is 0.760. The highest BCUT2D eigenvalue weighted by molar-refractivity contribution is 5.75. The number of hydrogen-bond acceptors (Lipinski definition) is 4. The van der Waals surface area contributed by atoms with Gasteiger partial charge in [-0.05, 0) is 25.6 Å². The van der Waals surface area contributed by atoms with E-state index in [0.29, 0.717) is 0 Å². The number of aryl methyl sites for hydroxylation is 1. The summed E-state index contributed by atoms with van der Waals surface area (Å²) in [6.45, 7) is 2.22. The predicted octanol–water partition coefficient (Wildman–Crippen LogP) is 1.13. The second kappa shape index (κ2) is 6.12. The van der Waals surface area contributed by atoms with Gasteiger partial charge in [-0.25, -0.2) is 0 Å². The molecule has 0 amide bonds. The van der Waals surface area contributed by atoms with Crippen LogP contribution in [0.15, 0.2) is 24.3 Å². The van der Waals surface area contributed by atoms with E-state index in [1.54, 1.807) is 7.05 Å². The van der Waals surface area contributed by atoms with Crippen molar-refractivity contribution in [3.63, 3.8) is 0 Å². The average molecular weight is 223 g/mol. The van der Waals surface area contributed by atoms with Crippen molar-refractivity contribution in [3.8, 4) is 5.75 Å². The smallest absolute Gasteiger partial charge is 0.326 e. The Labute approximate surface area is 95.6 Å². The molecule has 1 atom stereocenters. The van der Waals surface area contributed by atoms with E-state index in [1.807, 2.05) is 31.2 Å². The Bertz CT molecular complexity index is 352. The largest absolute Gasteiger partial charge is 0.491 e. The molecule has 1 rings (SSSR count). The van der Waals surface area contributed by atoms with Crippen LogP contribution in [0.1, 0.15) is 5.56 Å². The fraction of sp³-hybridized carbons (Fsp3) is 0.417. The fourth-order valence-electron chi connectivity index (χ4n) is 1.30. The first-order chi connectivity index (χ1) is 7.69. The molecule has 0 aliphatic heterocycles. The molecule has 1 N–H and O–H groups in total. The van der Waals surface area contributed by atoms with Crippen LogP contribution >= 0.6 is 0 Å². The molecule has 0 heterocycles. The van der Waals surface area contributed by atoms with Gasteiger partial charge in [0.1, 0.15) is 18.4 Å². The summed E-state index contributed by atoms with van der Waals surface area (Å²) in [6, 6.07) is 7.23. The Morgan fingerprint density at radius 2 is 2.12 bits per heavy atom. The molecule has 0 fully saturated rings. The monoisotopic (exact) mass is 223 g/mol. The van der Waals surface area contributed by atoms with Crippen LogP contribution in [-0.2, 0) is 9.53 Å². The summed E-state index contributed by atoms with van der Waals surface area (Å²) < 4.78 is 10.2. The summed E-state index contributed by atoms with van der Waals surface area (Å²) in [5, 5.41) is 2.84. The van der Waals surface area contributed by atoms with Gasteiger partial charge in [0.2, 0.25) is 0 Å². The van der Waals surface area contributed by atoms with Gasteiger partial charge in [-0.3, -0.25) is 4.79 Å². The van der Waals surface area contributed by atoms with Crippen molar-refractivity contribution >= 4 is 5.97 Å². The third kappa shape index (κ3) is 3.24. The van der Waals surface area contributed by atoms with Crippen molar-refractivity contribution in [2.45, 2.75) is 13.0 Å². The Kier molecular flexibility index (Phi) is 4.79. The number of hydrogen-bond donors (Lipinski definition) is 1. The van der Waals surface area contributed by atoms with Crippen molar-refractivity contribution in [1.29, 1.82) is 0 Å². The third-order valence-electron chi connectivity index (χ3n) is 2.33. The molecule has 0 saturated carbocycles. The Balaban J connectivity index is 2.56. The van der Waals surface area contributed by atoms with E-state index in [1.165, 1.54) is 7.11 Å². The number of nitrogens with one attached hydrogen (secondary N) is 1. The highest BCUT2D eigenvalue weighted by Gasteiger charge is 2.17. The number of esters is 1. The number of rotatable bonds is 5. The molecule has 0 aliphatic rings. The van der Waals surface area contributed by atoms with Gasteiger partial charge in [0.15, 0.2) is 0 Å². The summed E-state index contributed by atoms with van der Waals surface area (Å²) in [6.07, 6.45) is 0. The maximum atomic E-state index is 11.3. The van der Waals surface area contributed by atoms with Crippen LogP contribution in [0.3, 0.4) is 0 Å². The van der Waals surface area contributed by atoms with E-state index in [2.05, 4.69) is 10.1 Å². The summed E-state index contributed by atoms with van der Waals surface area (Å²) >= 11 is 0. The molecule has 0 saturated heterocycles. The van der Waals surface area contributed by atoms with E-state index in [0.717, 1.165) is 11.3 Å². The number of carbonyl (C=O) groups excluding carboxylic acids is 1. The molecule has 16 heavy (non-hydrogen) atoms. The molecule has 1 aromatic carbocycles. The van der Waals surface area contributed by atoms with Crippen LogP contribution in [0, 0.1) is 6.92 Å². The number of benzene rings is 1. The minimum Gasteiger partial charge on any atom is -0.491 e. The maximum Gasteiger partial charge on any atom is 0.326 e. The second-order valence-electron chi connectivity index (χ2n) is 3.44. The lowest BCUT2D eigenvalue weighted by Crippen LogP contribution is -2.40. The number of likely N-dealkylation sites (N-methyl/N-ethyl adjacent to an activating group) is 1. The number of methoxy groups -OCH3 is 1. The minimum absolute atomic E-state index is 0.258. The molecule has 4 nitrogen and oxygen atoms in total. The normalized spacial score (nSPS) is 11.9. The molecule has 0 aromatic heterocycles. The highest BCUT2D eigenvalue weighted by atomic mass is 16.5. The molecule has 1 aromatic rings. The van der Waals surface area contributed by atoms with Crippen molar-refractivity contribution in [2.24, 2.45) is 0 Å². The summed E-state index contributed by atoms with van der Waals surface area (Å²) in [5.41, 5.74) is 1.04. The van der Waals surface area contributed by atoms with Crippen LogP contribution in [0.5, 0.6) is 5.75 Å². The molecule has 0 aliphatic carbocycles. The van der Waals surface area contributed by atoms with Gasteiger partial charge in [0.05, 0.1) is 7.11 Å². The van der Waals surface area contributed by atoms with Crippen LogP contribution in [0.4, 0.5) is 0 Å². The summed E-state index contributed by atoms with van der Waals surface area (Å²) in [7, 11) is 3.06. The van der Waals surface area contributed by atoms with Gasteiger partial charge in [0, 0.05) is 0 Å². The van der Waals surface area contributed by atoms with Crippen molar-refractivity contribution in [2.75, 3.05) is 20.8 Å². The molecule has 4 heteroatoms. The Morgan fingerprint density at radius 3 is 2.69 bits per heavy atom. The van der Waals surface area contributed by atoms with Crippen molar-refractivity contribution in [1.82, 2.24) is 5.32 Å². The fourth-order valence-corrected chi connectivity index (χ4v) is 1.30. The molecular formula is C12H17NO3. The number of ether oxygens (including phenoxy) is 2. The number of carbonyl (C=O) groups is 1. The molecular weight excluding hydrogens is 206 g/mol. The lowest BCUT2D eigenvalue weighted by molar-refractivity contribution is -0.143. The molecule has 0 spiro atoms. The third-order valence-corrected chi connectivity index (χ3v) is 2.33. The molecule has 1 unspecified atom stereocenters. The molecule has 0 radical (unpaired) electrons. The van der Waals surface area contributed by atoms with Gasteiger partial charge >= 0.3 is 5.97 Å². The first-order valence-electron chi connectivity index (χ1n) is 5.12. The zero-order valence-corrected chi connectivity index (χ0v) is 9.82. The van der Waals surface area contributed by atoms with Gasteiger partial charge in [-0.2, -0.15) is 0 Å². The summed E-state index contributed by atoms with van der Waals surface area (Å²) in [5.74, 6) is 0.461. The van der Waals surface area contributed by atoms with Gasteiger partial charge in [0.25, 0.3) is 0 Å². The van der Waals surface area contributed by atoms with Gasteiger partial charge < -0.3 is 14.8 Å². The topological polar surface area (TPSA) is 47.6 Å². The van der Waals surface area contributed by atoms with Crippen molar-refractivity contribution < 1.29 is 14.3 Å². The first kappa shape index (κ1) is 12.5. The number of para-hydroxylation sites is 1. The summed E-state index contributed by atoms with van der Waals surface area (Å²) in [4.78, 5) is 11.3. The van der Waals surface area contributed by atoms with Gasteiger partial charge in [-0.15, -0.1) is 0 Å². The molecule has 0 bridgehead atoms. The van der Waals surface area contributed by atoms with Crippen LogP contribution in [0.2, 0.25) is 0 Å². The lowest BCUT2D eigenvalue weighted by atomic mass is 10.2. The Hall–Kier alpha value is -1.55. The van der Waals surface area contributed by atoms with Crippen LogP contribution in [-0.4, -0.2) is 32.8 Å². The van der Waals surface area contributed by atoms with E-state index >= 15 is 0 Å². The highest BCUT2D eigenvalue weighted by Crippen LogP contribution is 2.16. The van der Waals surface area contributed by atoms with Crippen molar-refractivity contribution in [3.05, 3.63) is 29.8 Å². The standard InChI is InChI=1S/C12H17NO3/c1-9-6-4-5-7-11(9)16-8-10(13-2)12(14)15-3/h4-7,10,13H,8H2,1-3H3. The van der Waals surface area contributed by atoms with E-state index in [4.69, 9.17) is 4.74 Å². The Morgan fingerprint density at radius 1 is 1.44 bits per heavy atom. The zero-order chi connectivity index (χ0) is 12.0. The van der Waals surface area contributed by atoms with E-state index in [9.17, 15) is 4.79 Å². The lowest BCUT2D eigenvalue weighted by Gasteiger charge is -2.15. The zero-order valence-electron chi connectivity index (χ0n) is 9.82. The molecule has 88 valence electrons. The second-order valence-corrected chi connectivity index (χ2v) is 3.44. The first-order valence-corrected chi connectivity index (χ1v) is 5.12.